The normalized spacial score (nSPS) is 11.7. The summed E-state index contributed by atoms with van der Waals surface area (Å²) in [5.74, 6) is 1.13. The molecule has 3 heteroatoms. The van der Waals surface area contributed by atoms with E-state index in [1.165, 1.54) is 5.56 Å². The van der Waals surface area contributed by atoms with E-state index in [9.17, 15) is 0 Å². The Kier molecular flexibility index (Phi) is 3.57. The Bertz CT molecular complexity index is 474. The number of hydrogen-bond donors (Lipinski definition) is 0. The van der Waals surface area contributed by atoms with Crippen LogP contribution >= 0.6 is 11.8 Å². The third-order valence-electron chi connectivity index (χ3n) is 2.96. The van der Waals surface area contributed by atoms with Gasteiger partial charge in [-0.3, -0.25) is 0 Å². The zero-order valence-corrected chi connectivity index (χ0v) is 11.4. The Morgan fingerprint density at radius 2 is 1.94 bits per heavy atom. The number of aromatic nitrogens is 2. The summed E-state index contributed by atoms with van der Waals surface area (Å²) < 4.78 is 2.28. The van der Waals surface area contributed by atoms with Gasteiger partial charge in [0.15, 0.2) is 0 Å². The van der Waals surface area contributed by atoms with E-state index in [0.29, 0.717) is 0 Å². The van der Waals surface area contributed by atoms with Gasteiger partial charge < -0.3 is 4.57 Å². The highest BCUT2D eigenvalue weighted by molar-refractivity contribution is 7.99. The molecular formula is C14H18N2S. The molecule has 1 aromatic carbocycles. The van der Waals surface area contributed by atoms with Crippen LogP contribution in [-0.4, -0.2) is 15.8 Å². The van der Waals surface area contributed by atoms with Crippen LogP contribution in [0.15, 0.2) is 42.7 Å². The maximum absolute atomic E-state index is 4.50. The first kappa shape index (κ1) is 12.2. The van der Waals surface area contributed by atoms with Crippen molar-refractivity contribution in [2.75, 3.05) is 6.26 Å². The van der Waals surface area contributed by atoms with Gasteiger partial charge in [0.05, 0.1) is 4.75 Å². The summed E-state index contributed by atoms with van der Waals surface area (Å²) in [6.45, 7) is 5.31. The fourth-order valence-corrected chi connectivity index (χ4v) is 2.18. The summed E-state index contributed by atoms with van der Waals surface area (Å²) >= 11 is 1.83. The van der Waals surface area contributed by atoms with Crippen molar-refractivity contribution in [2.45, 2.75) is 25.1 Å². The molecule has 90 valence electrons. The molecule has 0 unspecified atom stereocenters. The molecule has 2 aromatic rings. The van der Waals surface area contributed by atoms with Crippen molar-refractivity contribution in [3.63, 3.8) is 0 Å². The van der Waals surface area contributed by atoms with Crippen LogP contribution in [0.25, 0.3) is 0 Å². The number of rotatable bonds is 4. The Labute approximate surface area is 107 Å². The maximum atomic E-state index is 4.50. The minimum atomic E-state index is 0.0538. The zero-order chi connectivity index (χ0) is 12.3. The SMILES string of the molecule is CSC(C)(C)c1nccn1Cc1ccccc1. The minimum absolute atomic E-state index is 0.0538. The number of thioether (sulfide) groups is 1. The topological polar surface area (TPSA) is 17.8 Å². The van der Waals surface area contributed by atoms with E-state index in [1.54, 1.807) is 0 Å². The fraction of sp³-hybridized carbons (Fsp3) is 0.357. The summed E-state index contributed by atoms with van der Waals surface area (Å²) in [4.78, 5) is 4.50. The van der Waals surface area contributed by atoms with Crippen LogP contribution < -0.4 is 0 Å². The van der Waals surface area contributed by atoms with Gasteiger partial charge in [-0.05, 0) is 25.7 Å². The van der Waals surface area contributed by atoms with Gasteiger partial charge in [-0.1, -0.05) is 30.3 Å². The van der Waals surface area contributed by atoms with Crippen molar-refractivity contribution < 1.29 is 0 Å². The van der Waals surface area contributed by atoms with E-state index in [-0.39, 0.29) is 4.75 Å². The standard InChI is InChI=1S/C14H18N2S/c1-14(2,17-3)13-15-9-10-16(13)11-12-7-5-4-6-8-12/h4-10H,11H2,1-3H3. The summed E-state index contributed by atoms with van der Waals surface area (Å²) in [6.07, 6.45) is 6.07. The van der Waals surface area contributed by atoms with Gasteiger partial charge in [-0.25, -0.2) is 4.98 Å². The molecule has 0 amide bonds. The van der Waals surface area contributed by atoms with Crippen molar-refractivity contribution in [3.8, 4) is 0 Å². The molecule has 2 nitrogen and oxygen atoms in total. The second kappa shape index (κ2) is 4.96. The van der Waals surface area contributed by atoms with Gasteiger partial charge in [0.2, 0.25) is 0 Å². The average Bonchev–Trinajstić information content (AvgIpc) is 2.79. The number of hydrogen-bond acceptors (Lipinski definition) is 2. The van der Waals surface area contributed by atoms with E-state index in [4.69, 9.17) is 0 Å². The van der Waals surface area contributed by atoms with Crippen LogP contribution in [0.5, 0.6) is 0 Å². The molecule has 0 N–H and O–H groups in total. The molecule has 0 aliphatic heterocycles. The van der Waals surface area contributed by atoms with Gasteiger partial charge in [0.1, 0.15) is 5.82 Å². The lowest BCUT2D eigenvalue weighted by Crippen LogP contribution is -2.19. The lowest BCUT2D eigenvalue weighted by Gasteiger charge is -2.22. The van der Waals surface area contributed by atoms with Crippen LogP contribution in [0.2, 0.25) is 0 Å². The Hall–Kier alpha value is -1.22. The molecule has 1 aromatic heterocycles. The minimum Gasteiger partial charge on any atom is -0.329 e. The molecule has 0 radical (unpaired) electrons. The summed E-state index contributed by atoms with van der Waals surface area (Å²) in [6, 6.07) is 10.5. The van der Waals surface area contributed by atoms with Crippen LogP contribution in [0, 0.1) is 0 Å². The predicted octanol–water partition coefficient (Wildman–Crippen LogP) is 3.53. The largest absolute Gasteiger partial charge is 0.329 e. The Balaban J connectivity index is 2.26. The number of imidazole rings is 1. The predicted molar refractivity (Wildman–Crippen MR) is 74.3 cm³/mol. The molecule has 0 atom stereocenters. The Morgan fingerprint density at radius 1 is 1.24 bits per heavy atom. The van der Waals surface area contributed by atoms with Crippen molar-refractivity contribution in [3.05, 3.63) is 54.1 Å². The van der Waals surface area contributed by atoms with Crippen LogP contribution in [0.4, 0.5) is 0 Å². The summed E-state index contributed by atoms with van der Waals surface area (Å²) in [7, 11) is 0. The highest BCUT2D eigenvalue weighted by atomic mass is 32.2. The van der Waals surface area contributed by atoms with E-state index in [0.717, 1.165) is 12.4 Å². The second-order valence-electron chi connectivity index (χ2n) is 4.58. The van der Waals surface area contributed by atoms with Gasteiger partial charge in [-0.15, -0.1) is 0 Å². The molecule has 1 heterocycles. The van der Waals surface area contributed by atoms with Crippen LogP contribution in [-0.2, 0) is 11.3 Å². The first-order chi connectivity index (χ1) is 8.13. The molecule has 0 aliphatic rings. The maximum Gasteiger partial charge on any atom is 0.124 e. The molecule has 17 heavy (non-hydrogen) atoms. The first-order valence-electron chi connectivity index (χ1n) is 5.74. The van der Waals surface area contributed by atoms with Crippen LogP contribution in [0.3, 0.4) is 0 Å². The molecule has 0 spiro atoms. The molecule has 2 rings (SSSR count). The highest BCUT2D eigenvalue weighted by Gasteiger charge is 2.24. The van der Waals surface area contributed by atoms with Crippen molar-refractivity contribution in [1.82, 2.24) is 9.55 Å². The van der Waals surface area contributed by atoms with Crippen molar-refractivity contribution in [2.24, 2.45) is 0 Å². The number of nitrogens with zero attached hydrogens (tertiary/aromatic N) is 2. The summed E-state index contributed by atoms with van der Waals surface area (Å²) in [5, 5.41) is 0. The van der Waals surface area contributed by atoms with E-state index >= 15 is 0 Å². The third-order valence-corrected chi connectivity index (χ3v) is 4.16. The van der Waals surface area contributed by atoms with E-state index in [2.05, 4.69) is 60.1 Å². The van der Waals surface area contributed by atoms with Crippen molar-refractivity contribution in [1.29, 1.82) is 0 Å². The lowest BCUT2D eigenvalue weighted by atomic mass is 10.1. The first-order valence-corrected chi connectivity index (χ1v) is 6.96. The molecular weight excluding hydrogens is 228 g/mol. The Morgan fingerprint density at radius 3 is 2.59 bits per heavy atom. The third kappa shape index (κ3) is 2.72. The van der Waals surface area contributed by atoms with E-state index < -0.39 is 0 Å². The van der Waals surface area contributed by atoms with Crippen molar-refractivity contribution >= 4 is 11.8 Å². The quantitative estimate of drug-likeness (QED) is 0.821. The summed E-state index contributed by atoms with van der Waals surface area (Å²) in [5.41, 5.74) is 1.31. The lowest BCUT2D eigenvalue weighted by molar-refractivity contribution is 0.632. The van der Waals surface area contributed by atoms with Crippen LogP contribution in [0.1, 0.15) is 25.2 Å². The molecule has 0 saturated carbocycles. The monoisotopic (exact) mass is 246 g/mol. The van der Waals surface area contributed by atoms with E-state index in [1.807, 2.05) is 24.0 Å². The van der Waals surface area contributed by atoms with Gasteiger partial charge >= 0.3 is 0 Å². The molecule has 0 aliphatic carbocycles. The van der Waals surface area contributed by atoms with Gasteiger partial charge in [0.25, 0.3) is 0 Å². The molecule has 0 fully saturated rings. The average molecular weight is 246 g/mol. The zero-order valence-electron chi connectivity index (χ0n) is 10.6. The van der Waals surface area contributed by atoms with Gasteiger partial charge in [0, 0.05) is 18.9 Å². The highest BCUT2D eigenvalue weighted by Crippen LogP contribution is 2.32. The molecule has 0 saturated heterocycles. The van der Waals surface area contributed by atoms with Gasteiger partial charge in [-0.2, -0.15) is 11.8 Å². The smallest absolute Gasteiger partial charge is 0.124 e. The fourth-order valence-electron chi connectivity index (χ4n) is 1.83. The number of benzene rings is 1. The second-order valence-corrected chi connectivity index (χ2v) is 6.01. The molecule has 0 bridgehead atoms.